The summed E-state index contributed by atoms with van der Waals surface area (Å²) in [7, 11) is 2.81. The van der Waals surface area contributed by atoms with Gasteiger partial charge >= 0.3 is 0 Å². The van der Waals surface area contributed by atoms with Crippen LogP contribution in [0.3, 0.4) is 0 Å². The van der Waals surface area contributed by atoms with Crippen LogP contribution in [0, 0.1) is 0 Å². The van der Waals surface area contributed by atoms with Gasteiger partial charge in [0.1, 0.15) is 5.75 Å². The maximum absolute atomic E-state index is 11.2. The number of unbranched alkanes of at least 4 members (excludes halogenated alkanes) is 2. The summed E-state index contributed by atoms with van der Waals surface area (Å²) in [6.07, 6.45) is 5.28. The fourth-order valence-corrected chi connectivity index (χ4v) is 2.03. The zero-order valence-electron chi connectivity index (χ0n) is 15.3. The van der Waals surface area contributed by atoms with Crippen LogP contribution in [0.2, 0.25) is 0 Å². The number of aromatic nitrogens is 1. The van der Waals surface area contributed by atoms with Crippen LogP contribution in [0.1, 0.15) is 38.5 Å². The van der Waals surface area contributed by atoms with E-state index >= 15 is 0 Å². The molecule has 0 bridgehead atoms. The molecule has 0 fully saturated rings. The Morgan fingerprint density at radius 3 is 2.08 bits per heavy atom. The molecule has 0 aliphatic heterocycles. The molecule has 0 aliphatic carbocycles. The van der Waals surface area contributed by atoms with E-state index in [0.717, 1.165) is 12.8 Å². The monoisotopic (exact) mass is 369 g/mol. The lowest BCUT2D eigenvalue weighted by Crippen LogP contribution is -2.21. The number of pyridine rings is 1. The van der Waals surface area contributed by atoms with Gasteiger partial charge in [-0.05, 0) is 31.7 Å². The van der Waals surface area contributed by atoms with Crippen molar-refractivity contribution in [3.63, 3.8) is 0 Å². The van der Waals surface area contributed by atoms with Crippen LogP contribution in [0.4, 0.5) is 0 Å². The lowest BCUT2D eigenvalue weighted by Gasteiger charge is -2.09. The minimum atomic E-state index is -0.152. The van der Waals surface area contributed by atoms with Crippen LogP contribution >= 0.6 is 0 Å². The molecule has 2 N–H and O–H groups in total. The standard InChI is InChI=1S/C17H27N3O6/c1-23-19-15(21)7-3-5-11-25-14-9-10-18-17(13-14)26-12-6-4-8-16(22)20-24-2/h9-10,13H,3-8,11-12H2,1-2H3,(H,19,21)(H,20,22). The van der Waals surface area contributed by atoms with Crippen LogP contribution in [0.5, 0.6) is 11.6 Å². The molecular weight excluding hydrogens is 342 g/mol. The van der Waals surface area contributed by atoms with Crippen molar-refractivity contribution in [3.05, 3.63) is 18.3 Å². The molecule has 0 aliphatic rings. The van der Waals surface area contributed by atoms with Crippen molar-refractivity contribution >= 4 is 11.8 Å². The Morgan fingerprint density at radius 1 is 0.923 bits per heavy atom. The second kappa shape index (κ2) is 13.9. The van der Waals surface area contributed by atoms with E-state index in [2.05, 4.69) is 25.6 Å². The number of hydroxylamine groups is 2. The first kappa shape index (κ1) is 21.7. The van der Waals surface area contributed by atoms with Gasteiger partial charge in [0.2, 0.25) is 17.7 Å². The van der Waals surface area contributed by atoms with E-state index in [4.69, 9.17) is 9.47 Å². The lowest BCUT2D eigenvalue weighted by molar-refractivity contribution is -0.132. The molecule has 146 valence electrons. The number of nitrogens with zero attached hydrogens (tertiary/aromatic N) is 1. The summed E-state index contributed by atoms with van der Waals surface area (Å²) in [5.41, 5.74) is 4.54. The largest absolute Gasteiger partial charge is 0.493 e. The summed E-state index contributed by atoms with van der Waals surface area (Å²) in [5.74, 6) is 0.839. The number of nitrogens with one attached hydrogen (secondary N) is 2. The molecule has 9 heteroatoms. The maximum atomic E-state index is 11.2. The number of hydrogen-bond donors (Lipinski definition) is 2. The normalized spacial score (nSPS) is 10.2. The molecule has 0 radical (unpaired) electrons. The van der Waals surface area contributed by atoms with Gasteiger partial charge in [0.05, 0.1) is 27.4 Å². The highest BCUT2D eigenvalue weighted by Gasteiger charge is 2.03. The van der Waals surface area contributed by atoms with Gasteiger partial charge in [0, 0.05) is 25.1 Å². The predicted octanol–water partition coefficient (Wildman–Crippen LogP) is 1.53. The van der Waals surface area contributed by atoms with Gasteiger partial charge < -0.3 is 9.47 Å². The van der Waals surface area contributed by atoms with Crippen LogP contribution in [0.25, 0.3) is 0 Å². The fourth-order valence-electron chi connectivity index (χ4n) is 2.03. The molecule has 0 aromatic carbocycles. The van der Waals surface area contributed by atoms with Crippen LogP contribution in [-0.2, 0) is 19.3 Å². The highest BCUT2D eigenvalue weighted by molar-refractivity contribution is 5.74. The smallest absolute Gasteiger partial charge is 0.243 e. The fraction of sp³-hybridized carbons (Fsp3) is 0.588. The molecule has 0 unspecified atom stereocenters. The first-order valence-electron chi connectivity index (χ1n) is 8.51. The number of amides is 2. The number of carbonyl (C=O) groups is 2. The minimum Gasteiger partial charge on any atom is -0.493 e. The Bertz CT molecular complexity index is 498. The van der Waals surface area contributed by atoms with E-state index in [1.807, 2.05) is 0 Å². The average Bonchev–Trinajstić information content (AvgIpc) is 2.62. The van der Waals surface area contributed by atoms with E-state index in [0.29, 0.717) is 50.5 Å². The summed E-state index contributed by atoms with van der Waals surface area (Å²) in [5, 5.41) is 0. The van der Waals surface area contributed by atoms with E-state index in [1.54, 1.807) is 18.3 Å². The van der Waals surface area contributed by atoms with Crippen molar-refractivity contribution in [3.8, 4) is 11.6 Å². The Labute approximate surface area is 153 Å². The molecule has 0 saturated heterocycles. The summed E-state index contributed by atoms with van der Waals surface area (Å²) >= 11 is 0. The Kier molecular flexibility index (Phi) is 11.5. The summed E-state index contributed by atoms with van der Waals surface area (Å²) in [6, 6.07) is 3.47. The zero-order valence-corrected chi connectivity index (χ0v) is 15.3. The van der Waals surface area contributed by atoms with Crippen molar-refractivity contribution in [1.29, 1.82) is 0 Å². The average molecular weight is 369 g/mol. The third kappa shape index (κ3) is 10.5. The SMILES string of the molecule is CONC(=O)CCCCOc1ccnc(OCCCCC(=O)NOC)c1. The van der Waals surface area contributed by atoms with Gasteiger partial charge in [-0.1, -0.05) is 0 Å². The van der Waals surface area contributed by atoms with Crippen molar-refractivity contribution in [2.45, 2.75) is 38.5 Å². The number of rotatable bonds is 14. The molecule has 1 aromatic heterocycles. The molecule has 0 spiro atoms. The van der Waals surface area contributed by atoms with Crippen LogP contribution in [-0.4, -0.2) is 44.2 Å². The number of hydrogen-bond acceptors (Lipinski definition) is 7. The van der Waals surface area contributed by atoms with Gasteiger partial charge in [-0.3, -0.25) is 19.3 Å². The predicted molar refractivity (Wildman–Crippen MR) is 93.2 cm³/mol. The summed E-state index contributed by atoms with van der Waals surface area (Å²) in [6.45, 7) is 0.962. The molecule has 1 heterocycles. The zero-order chi connectivity index (χ0) is 19.0. The first-order chi connectivity index (χ1) is 12.7. The molecular formula is C17H27N3O6. The Hall–Kier alpha value is -2.39. The molecule has 1 rings (SSSR count). The number of ether oxygens (including phenoxy) is 2. The van der Waals surface area contributed by atoms with E-state index in [1.165, 1.54) is 14.2 Å². The van der Waals surface area contributed by atoms with Gasteiger partial charge in [-0.25, -0.2) is 15.9 Å². The lowest BCUT2D eigenvalue weighted by atomic mass is 10.2. The van der Waals surface area contributed by atoms with E-state index < -0.39 is 0 Å². The Balaban J connectivity index is 2.16. The van der Waals surface area contributed by atoms with Gasteiger partial charge in [-0.2, -0.15) is 0 Å². The third-order valence-electron chi connectivity index (χ3n) is 3.25. The van der Waals surface area contributed by atoms with Crippen molar-refractivity contribution in [2.24, 2.45) is 0 Å². The van der Waals surface area contributed by atoms with Crippen molar-refractivity contribution < 1.29 is 28.7 Å². The number of carbonyl (C=O) groups excluding carboxylic acids is 2. The van der Waals surface area contributed by atoms with Crippen molar-refractivity contribution in [1.82, 2.24) is 15.9 Å². The summed E-state index contributed by atoms with van der Waals surface area (Å²) in [4.78, 5) is 35.6. The summed E-state index contributed by atoms with van der Waals surface area (Å²) < 4.78 is 11.2. The second-order valence-corrected chi connectivity index (χ2v) is 5.40. The maximum Gasteiger partial charge on any atom is 0.243 e. The van der Waals surface area contributed by atoms with Gasteiger partial charge in [0.15, 0.2) is 0 Å². The highest BCUT2D eigenvalue weighted by Crippen LogP contribution is 2.17. The topological polar surface area (TPSA) is 108 Å². The second-order valence-electron chi connectivity index (χ2n) is 5.40. The Morgan fingerprint density at radius 2 is 1.50 bits per heavy atom. The molecule has 0 atom stereocenters. The van der Waals surface area contributed by atoms with E-state index in [-0.39, 0.29) is 11.8 Å². The first-order valence-corrected chi connectivity index (χ1v) is 8.51. The van der Waals surface area contributed by atoms with Crippen LogP contribution < -0.4 is 20.4 Å². The quantitative estimate of drug-likeness (QED) is 0.378. The van der Waals surface area contributed by atoms with Crippen molar-refractivity contribution in [2.75, 3.05) is 27.4 Å². The highest BCUT2D eigenvalue weighted by atomic mass is 16.6. The molecule has 0 saturated carbocycles. The minimum absolute atomic E-state index is 0.146. The molecule has 1 aromatic rings. The molecule has 9 nitrogen and oxygen atoms in total. The molecule has 26 heavy (non-hydrogen) atoms. The third-order valence-corrected chi connectivity index (χ3v) is 3.25. The van der Waals surface area contributed by atoms with Gasteiger partial charge in [0.25, 0.3) is 0 Å². The molecule has 2 amide bonds. The van der Waals surface area contributed by atoms with Crippen LogP contribution in [0.15, 0.2) is 18.3 Å². The van der Waals surface area contributed by atoms with E-state index in [9.17, 15) is 9.59 Å². The van der Waals surface area contributed by atoms with Gasteiger partial charge in [-0.15, -0.1) is 0 Å².